The number of hydrogen-bond acceptors (Lipinski definition) is 5. The summed E-state index contributed by atoms with van der Waals surface area (Å²) in [5.74, 6) is -0.353. The number of methoxy groups -OCH3 is 1. The summed E-state index contributed by atoms with van der Waals surface area (Å²) in [6.07, 6.45) is 0. The van der Waals surface area contributed by atoms with Crippen molar-refractivity contribution in [3.8, 4) is 0 Å². The molecule has 0 amide bonds. The van der Waals surface area contributed by atoms with Crippen LogP contribution in [0.2, 0.25) is 0 Å². The van der Waals surface area contributed by atoms with Crippen molar-refractivity contribution in [3.05, 3.63) is 31.8 Å². The lowest BCUT2D eigenvalue weighted by Crippen LogP contribution is -2.14. The lowest BCUT2D eigenvalue weighted by molar-refractivity contribution is 0.00570. The van der Waals surface area contributed by atoms with Crippen molar-refractivity contribution in [2.75, 3.05) is 46.8 Å². The Labute approximate surface area is 146 Å². The van der Waals surface area contributed by atoms with E-state index in [4.69, 9.17) is 18.9 Å². The molecule has 118 valence electrons. The van der Waals surface area contributed by atoms with E-state index in [1.165, 1.54) is 0 Å². The van der Waals surface area contributed by atoms with Gasteiger partial charge in [-0.3, -0.25) is 0 Å². The molecule has 21 heavy (non-hydrogen) atoms. The third-order valence-electron chi connectivity index (χ3n) is 2.36. The molecule has 7 heteroatoms. The van der Waals surface area contributed by atoms with Crippen LogP contribution in [0.5, 0.6) is 0 Å². The molecule has 0 aromatic heterocycles. The molecule has 0 atom stereocenters. The molecule has 0 aliphatic rings. The largest absolute Gasteiger partial charge is 0.460 e. The van der Waals surface area contributed by atoms with Crippen LogP contribution in [0.3, 0.4) is 0 Å². The van der Waals surface area contributed by atoms with Crippen LogP contribution in [0.4, 0.5) is 0 Å². The molecule has 1 aromatic rings. The van der Waals surface area contributed by atoms with Gasteiger partial charge in [-0.15, -0.1) is 0 Å². The second kappa shape index (κ2) is 11.4. The van der Waals surface area contributed by atoms with Crippen molar-refractivity contribution < 1.29 is 23.7 Å². The zero-order valence-electron chi connectivity index (χ0n) is 11.8. The Balaban J connectivity index is 2.11. The van der Waals surface area contributed by atoms with E-state index in [0.29, 0.717) is 38.6 Å². The summed E-state index contributed by atoms with van der Waals surface area (Å²) in [5.41, 5.74) is 0.525. The molecule has 0 fully saturated rings. The van der Waals surface area contributed by atoms with E-state index < -0.39 is 0 Å². The quantitative estimate of drug-likeness (QED) is 0.298. The zero-order valence-corrected chi connectivity index (χ0v) is 15.5. The van der Waals surface area contributed by atoms with E-state index in [2.05, 4.69) is 38.5 Å². The Bertz CT molecular complexity index is 421. The Kier molecular flexibility index (Phi) is 10.2. The van der Waals surface area contributed by atoms with Gasteiger partial charge in [-0.25, -0.2) is 4.79 Å². The summed E-state index contributed by atoms with van der Waals surface area (Å²) < 4.78 is 22.3. The molecule has 0 saturated carbocycles. The van der Waals surface area contributed by atoms with Crippen LogP contribution >= 0.6 is 38.5 Å². The van der Waals surface area contributed by atoms with Crippen LogP contribution in [0.15, 0.2) is 22.7 Å². The topological polar surface area (TPSA) is 54.0 Å². The van der Waals surface area contributed by atoms with Crippen LogP contribution in [0, 0.1) is 3.57 Å². The van der Waals surface area contributed by atoms with Gasteiger partial charge in [0.2, 0.25) is 0 Å². The number of benzene rings is 1. The Morgan fingerprint density at radius 2 is 1.67 bits per heavy atom. The van der Waals surface area contributed by atoms with E-state index in [1.54, 1.807) is 19.2 Å². The van der Waals surface area contributed by atoms with Gasteiger partial charge in [-0.1, -0.05) is 15.9 Å². The van der Waals surface area contributed by atoms with Crippen molar-refractivity contribution in [1.82, 2.24) is 0 Å². The van der Waals surface area contributed by atoms with Crippen molar-refractivity contribution >= 4 is 44.5 Å². The predicted molar refractivity (Wildman–Crippen MR) is 90.7 cm³/mol. The van der Waals surface area contributed by atoms with Gasteiger partial charge in [0.05, 0.1) is 38.6 Å². The lowest BCUT2D eigenvalue weighted by Gasteiger charge is -2.07. The second-order valence-corrected chi connectivity index (χ2v) is 6.17. The molecular formula is C14H18BrIO5. The van der Waals surface area contributed by atoms with Gasteiger partial charge in [-0.2, -0.15) is 0 Å². The highest BCUT2D eigenvalue weighted by Crippen LogP contribution is 2.17. The molecule has 0 radical (unpaired) electrons. The predicted octanol–water partition coefficient (Wildman–Crippen LogP) is 2.89. The summed E-state index contributed by atoms with van der Waals surface area (Å²) >= 11 is 5.50. The monoisotopic (exact) mass is 472 g/mol. The minimum Gasteiger partial charge on any atom is -0.460 e. The summed E-state index contributed by atoms with van der Waals surface area (Å²) in [5, 5.41) is 0. The number of rotatable bonds is 10. The van der Waals surface area contributed by atoms with Crippen LogP contribution < -0.4 is 0 Å². The number of halogens is 2. The van der Waals surface area contributed by atoms with Gasteiger partial charge in [0.15, 0.2) is 0 Å². The third-order valence-corrected chi connectivity index (χ3v) is 3.44. The zero-order chi connectivity index (χ0) is 15.5. The van der Waals surface area contributed by atoms with Crippen molar-refractivity contribution in [1.29, 1.82) is 0 Å². The molecule has 0 spiro atoms. The van der Waals surface area contributed by atoms with E-state index in [9.17, 15) is 4.79 Å². The SMILES string of the molecule is COCCOCCOCCOC(=O)c1cc(Br)cc(I)c1. The highest BCUT2D eigenvalue weighted by Gasteiger charge is 2.08. The summed E-state index contributed by atoms with van der Waals surface area (Å²) in [4.78, 5) is 11.8. The number of hydrogen-bond donors (Lipinski definition) is 0. The Hall–Kier alpha value is -0.220. The second-order valence-electron chi connectivity index (χ2n) is 4.01. The maximum absolute atomic E-state index is 11.8. The summed E-state index contributed by atoms with van der Waals surface area (Å²) in [6, 6.07) is 5.43. The van der Waals surface area contributed by atoms with Gasteiger partial charge in [0, 0.05) is 15.2 Å². The molecular weight excluding hydrogens is 455 g/mol. The van der Waals surface area contributed by atoms with Gasteiger partial charge in [0.1, 0.15) is 6.61 Å². The first-order chi connectivity index (χ1) is 10.1. The standard InChI is InChI=1S/C14H18BrIO5/c1-18-2-3-19-4-5-20-6-7-21-14(17)11-8-12(15)10-13(16)9-11/h8-10H,2-7H2,1H3. The minimum atomic E-state index is -0.353. The maximum Gasteiger partial charge on any atom is 0.338 e. The maximum atomic E-state index is 11.8. The van der Waals surface area contributed by atoms with Crippen LogP contribution in [0.25, 0.3) is 0 Å². The fourth-order valence-corrected chi connectivity index (χ4v) is 3.00. The van der Waals surface area contributed by atoms with E-state index in [1.807, 2.05) is 6.07 Å². The fourth-order valence-electron chi connectivity index (χ4n) is 1.41. The van der Waals surface area contributed by atoms with E-state index in [0.717, 1.165) is 8.04 Å². The van der Waals surface area contributed by atoms with Crippen molar-refractivity contribution in [2.24, 2.45) is 0 Å². The molecule has 1 aromatic carbocycles. The Morgan fingerprint density at radius 1 is 1.05 bits per heavy atom. The molecule has 0 aliphatic heterocycles. The molecule has 0 unspecified atom stereocenters. The van der Waals surface area contributed by atoms with Gasteiger partial charge in [0.25, 0.3) is 0 Å². The highest BCUT2D eigenvalue weighted by molar-refractivity contribution is 14.1. The van der Waals surface area contributed by atoms with Crippen molar-refractivity contribution in [2.45, 2.75) is 0 Å². The van der Waals surface area contributed by atoms with Crippen LogP contribution in [-0.2, 0) is 18.9 Å². The van der Waals surface area contributed by atoms with Crippen LogP contribution in [0.1, 0.15) is 10.4 Å². The first kappa shape index (κ1) is 18.8. The van der Waals surface area contributed by atoms with Gasteiger partial charge < -0.3 is 18.9 Å². The highest BCUT2D eigenvalue weighted by atomic mass is 127. The van der Waals surface area contributed by atoms with E-state index in [-0.39, 0.29) is 12.6 Å². The molecule has 0 aliphatic carbocycles. The molecule has 0 bridgehead atoms. The number of carbonyl (C=O) groups is 1. The van der Waals surface area contributed by atoms with Gasteiger partial charge in [-0.05, 0) is 40.8 Å². The number of ether oxygens (including phenoxy) is 4. The smallest absolute Gasteiger partial charge is 0.338 e. The van der Waals surface area contributed by atoms with E-state index >= 15 is 0 Å². The minimum absolute atomic E-state index is 0.222. The third kappa shape index (κ3) is 8.72. The summed E-state index contributed by atoms with van der Waals surface area (Å²) in [7, 11) is 1.63. The molecule has 5 nitrogen and oxygen atoms in total. The molecule has 0 heterocycles. The molecule has 0 saturated heterocycles. The Morgan fingerprint density at radius 3 is 2.29 bits per heavy atom. The van der Waals surface area contributed by atoms with Crippen molar-refractivity contribution in [3.63, 3.8) is 0 Å². The molecule has 1 rings (SSSR count). The average Bonchev–Trinajstić information content (AvgIpc) is 2.44. The average molecular weight is 473 g/mol. The fraction of sp³-hybridized carbons (Fsp3) is 0.500. The van der Waals surface area contributed by atoms with Crippen LogP contribution in [-0.4, -0.2) is 52.7 Å². The lowest BCUT2D eigenvalue weighted by atomic mass is 10.2. The number of esters is 1. The molecule has 0 N–H and O–H groups in total. The normalized spacial score (nSPS) is 10.6. The summed E-state index contributed by atoms with van der Waals surface area (Å²) in [6.45, 7) is 2.67. The number of carbonyl (C=O) groups excluding carboxylic acids is 1. The first-order valence-corrected chi connectivity index (χ1v) is 8.28. The van der Waals surface area contributed by atoms with Gasteiger partial charge >= 0.3 is 5.97 Å². The first-order valence-electron chi connectivity index (χ1n) is 6.41.